The van der Waals surface area contributed by atoms with Crippen LogP contribution in [-0.2, 0) is 24.1 Å². The number of rotatable bonds is 1. The van der Waals surface area contributed by atoms with Gasteiger partial charge >= 0.3 is 0 Å². The van der Waals surface area contributed by atoms with Crippen LogP contribution >= 0.6 is 0 Å². The fraction of sp³-hybridized carbons (Fsp3) is 0.385. The minimum absolute atomic E-state index is 0.502. The molecule has 3 nitrogen and oxygen atoms in total. The van der Waals surface area contributed by atoms with E-state index in [1.807, 2.05) is 6.92 Å². The van der Waals surface area contributed by atoms with Crippen molar-refractivity contribution in [1.82, 2.24) is 4.98 Å². The van der Waals surface area contributed by atoms with E-state index < -0.39 is 5.91 Å². The highest BCUT2D eigenvalue weighted by molar-refractivity contribution is 5.91. The van der Waals surface area contributed by atoms with Crippen LogP contribution in [0.4, 0.5) is 0 Å². The summed E-state index contributed by atoms with van der Waals surface area (Å²) in [7, 11) is 0. The number of amides is 1. The highest BCUT2D eigenvalue weighted by Gasteiger charge is 2.13. The van der Waals surface area contributed by atoms with E-state index in [1.54, 1.807) is 0 Å². The van der Waals surface area contributed by atoms with Crippen LogP contribution in [0.25, 0.3) is 0 Å². The quantitative estimate of drug-likeness (QED) is 0.706. The molecular formula is C13H14N2O. The van der Waals surface area contributed by atoms with Crippen LogP contribution in [0.5, 0.6) is 0 Å². The molecule has 2 N–H and O–H groups in total. The van der Waals surface area contributed by atoms with Crippen molar-refractivity contribution in [2.24, 2.45) is 5.73 Å². The largest absolute Gasteiger partial charge is 0.359 e. The van der Waals surface area contributed by atoms with Gasteiger partial charge in [0.1, 0.15) is 0 Å². The minimum Gasteiger partial charge on any atom is -0.359 e. The molecule has 1 aromatic heterocycles. The zero-order chi connectivity index (χ0) is 11.5. The standard InChI is InChI=1S/C13H14N2O/c1-9-8-10-4-2-6-12(10)15-11(9)5-3-7-13(14)16/h8H,2,4-6H2,1H3,(H2,14,16). The Morgan fingerprint density at radius 2 is 2.38 bits per heavy atom. The summed E-state index contributed by atoms with van der Waals surface area (Å²) < 4.78 is 0. The van der Waals surface area contributed by atoms with Crippen molar-refractivity contribution < 1.29 is 4.79 Å². The molecule has 3 heteroatoms. The van der Waals surface area contributed by atoms with Crippen LogP contribution in [0.1, 0.15) is 28.9 Å². The second-order valence-electron chi connectivity index (χ2n) is 4.05. The lowest BCUT2D eigenvalue weighted by Gasteiger charge is -2.05. The number of primary amides is 1. The lowest BCUT2D eigenvalue weighted by atomic mass is 10.1. The molecule has 1 heterocycles. The molecule has 0 saturated carbocycles. The van der Waals surface area contributed by atoms with Crippen molar-refractivity contribution in [3.63, 3.8) is 0 Å². The van der Waals surface area contributed by atoms with Crippen LogP contribution in [-0.4, -0.2) is 10.9 Å². The number of nitrogens with two attached hydrogens (primary N) is 1. The molecule has 0 bridgehead atoms. The monoisotopic (exact) mass is 214 g/mol. The number of fused-ring (bicyclic) bond motifs is 1. The number of hydrogen-bond acceptors (Lipinski definition) is 2. The Hall–Kier alpha value is -1.82. The van der Waals surface area contributed by atoms with Crippen molar-refractivity contribution in [2.75, 3.05) is 0 Å². The van der Waals surface area contributed by atoms with E-state index in [-0.39, 0.29) is 0 Å². The molecule has 1 aliphatic rings. The average molecular weight is 214 g/mol. The molecule has 0 atom stereocenters. The van der Waals surface area contributed by atoms with Crippen molar-refractivity contribution in [3.05, 3.63) is 28.6 Å². The number of carbonyl (C=O) groups is 1. The maximum Gasteiger partial charge on any atom is 0.293 e. The Balaban J connectivity index is 2.23. The van der Waals surface area contributed by atoms with Crippen LogP contribution in [0, 0.1) is 18.8 Å². The Bertz CT molecular complexity index is 495. The first-order chi connectivity index (χ1) is 7.66. The zero-order valence-corrected chi connectivity index (χ0v) is 9.34. The van der Waals surface area contributed by atoms with Gasteiger partial charge in [0, 0.05) is 5.69 Å². The van der Waals surface area contributed by atoms with Gasteiger partial charge in [-0.2, -0.15) is 0 Å². The third kappa shape index (κ3) is 2.22. The molecule has 1 amide bonds. The van der Waals surface area contributed by atoms with Gasteiger partial charge < -0.3 is 5.73 Å². The van der Waals surface area contributed by atoms with Gasteiger partial charge in [0.05, 0.1) is 12.1 Å². The van der Waals surface area contributed by atoms with E-state index >= 15 is 0 Å². The fourth-order valence-electron chi connectivity index (χ4n) is 2.02. The third-order valence-corrected chi connectivity index (χ3v) is 2.81. The number of pyridine rings is 1. The van der Waals surface area contributed by atoms with Gasteiger partial charge in [-0.15, -0.1) is 0 Å². The molecule has 0 saturated heterocycles. The second kappa shape index (κ2) is 4.36. The normalized spacial score (nSPS) is 12.8. The predicted octanol–water partition coefficient (Wildman–Crippen LogP) is 0.910. The highest BCUT2D eigenvalue weighted by atomic mass is 16.1. The molecular weight excluding hydrogens is 200 g/mol. The lowest BCUT2D eigenvalue weighted by molar-refractivity contribution is -0.112. The molecule has 2 rings (SSSR count). The molecule has 1 aliphatic carbocycles. The van der Waals surface area contributed by atoms with E-state index in [0.717, 1.165) is 24.1 Å². The number of carbonyl (C=O) groups excluding carboxylic acids is 1. The summed E-state index contributed by atoms with van der Waals surface area (Å²) in [4.78, 5) is 15.1. The third-order valence-electron chi connectivity index (χ3n) is 2.81. The Kier molecular flexibility index (Phi) is 2.91. The van der Waals surface area contributed by atoms with Gasteiger partial charge in [0.2, 0.25) is 0 Å². The van der Waals surface area contributed by atoms with Gasteiger partial charge in [0.25, 0.3) is 5.91 Å². The maximum atomic E-state index is 10.5. The van der Waals surface area contributed by atoms with E-state index in [0.29, 0.717) is 6.42 Å². The summed E-state index contributed by atoms with van der Waals surface area (Å²) in [6, 6.07) is 2.19. The van der Waals surface area contributed by atoms with E-state index in [2.05, 4.69) is 22.9 Å². The molecule has 0 spiro atoms. The molecule has 82 valence electrons. The summed E-state index contributed by atoms with van der Waals surface area (Å²) in [5, 5.41) is 0. The van der Waals surface area contributed by atoms with Crippen molar-refractivity contribution >= 4 is 5.91 Å². The smallest absolute Gasteiger partial charge is 0.293 e. The lowest BCUT2D eigenvalue weighted by Crippen LogP contribution is -2.06. The minimum atomic E-state index is -0.584. The molecule has 1 aromatic rings. The zero-order valence-electron chi connectivity index (χ0n) is 9.34. The van der Waals surface area contributed by atoms with Gasteiger partial charge in [-0.05, 0) is 43.2 Å². The highest BCUT2D eigenvalue weighted by Crippen LogP contribution is 2.22. The Labute approximate surface area is 95.1 Å². The average Bonchev–Trinajstić information content (AvgIpc) is 2.64. The van der Waals surface area contributed by atoms with Gasteiger partial charge in [0.15, 0.2) is 0 Å². The molecule has 0 aromatic carbocycles. The first-order valence-corrected chi connectivity index (χ1v) is 5.43. The summed E-state index contributed by atoms with van der Waals surface area (Å²) >= 11 is 0. The van der Waals surface area contributed by atoms with Gasteiger partial charge in [-0.3, -0.25) is 9.78 Å². The fourth-order valence-corrected chi connectivity index (χ4v) is 2.02. The Morgan fingerprint density at radius 1 is 1.56 bits per heavy atom. The molecule has 0 unspecified atom stereocenters. The van der Waals surface area contributed by atoms with Crippen LogP contribution < -0.4 is 5.73 Å². The second-order valence-corrected chi connectivity index (χ2v) is 4.05. The van der Waals surface area contributed by atoms with Gasteiger partial charge in [-0.25, -0.2) is 0 Å². The van der Waals surface area contributed by atoms with E-state index in [4.69, 9.17) is 5.73 Å². The molecule has 0 fully saturated rings. The first-order valence-electron chi connectivity index (χ1n) is 5.43. The SMILES string of the molecule is Cc1cc2c(nc1CC#CC(N)=O)CCC2. The molecule has 0 aliphatic heterocycles. The number of aryl methyl sites for hydroxylation is 3. The first kappa shape index (κ1) is 10.7. The summed E-state index contributed by atoms with van der Waals surface area (Å²) in [6.45, 7) is 2.03. The topological polar surface area (TPSA) is 56.0 Å². The number of hydrogen-bond donors (Lipinski definition) is 1. The number of aromatic nitrogens is 1. The van der Waals surface area contributed by atoms with Crippen molar-refractivity contribution in [3.8, 4) is 11.8 Å². The summed E-state index contributed by atoms with van der Waals surface area (Å²) in [5.74, 6) is 4.50. The summed E-state index contributed by atoms with van der Waals surface area (Å²) in [6.07, 6.45) is 3.89. The molecule has 0 radical (unpaired) electrons. The van der Waals surface area contributed by atoms with E-state index in [1.165, 1.54) is 17.7 Å². The maximum absolute atomic E-state index is 10.5. The van der Waals surface area contributed by atoms with Gasteiger partial charge in [-0.1, -0.05) is 12.0 Å². The van der Waals surface area contributed by atoms with Crippen molar-refractivity contribution in [1.29, 1.82) is 0 Å². The van der Waals surface area contributed by atoms with Crippen LogP contribution in [0.15, 0.2) is 6.07 Å². The Morgan fingerprint density at radius 3 is 3.12 bits per heavy atom. The van der Waals surface area contributed by atoms with E-state index in [9.17, 15) is 4.79 Å². The molecule has 16 heavy (non-hydrogen) atoms. The number of nitrogens with zero attached hydrogens (tertiary/aromatic N) is 1. The van der Waals surface area contributed by atoms with Crippen molar-refractivity contribution in [2.45, 2.75) is 32.6 Å². The predicted molar refractivity (Wildman–Crippen MR) is 61.7 cm³/mol. The van der Waals surface area contributed by atoms with Crippen LogP contribution in [0.3, 0.4) is 0 Å². The van der Waals surface area contributed by atoms with Crippen LogP contribution in [0.2, 0.25) is 0 Å². The summed E-state index contributed by atoms with van der Waals surface area (Å²) in [5.41, 5.74) is 9.63.